The minimum Gasteiger partial charge on any atom is -0.464 e. The summed E-state index contributed by atoms with van der Waals surface area (Å²) in [5.74, 6) is 0.261. The van der Waals surface area contributed by atoms with E-state index in [-0.39, 0.29) is 5.56 Å². The Morgan fingerprint density at radius 3 is 2.53 bits per heavy atom. The number of pyridine rings is 1. The summed E-state index contributed by atoms with van der Waals surface area (Å²) in [6.45, 7) is 0. The molecule has 0 spiro atoms. The van der Waals surface area contributed by atoms with Gasteiger partial charge in [-0.15, -0.1) is 16.4 Å². The summed E-state index contributed by atoms with van der Waals surface area (Å²) >= 11 is 1.26. The highest BCUT2D eigenvalue weighted by atomic mass is 32.1. The molecule has 154 valence electrons. The fraction of sp³-hybridized carbons (Fsp3) is 0. The molecule has 0 N–H and O–H groups in total. The molecule has 4 heterocycles. The largest absolute Gasteiger partial charge is 0.464 e. The molecule has 0 aliphatic rings. The van der Waals surface area contributed by atoms with E-state index in [0.29, 0.717) is 26.5 Å². The van der Waals surface area contributed by atoms with Crippen LogP contribution in [0.3, 0.4) is 0 Å². The van der Waals surface area contributed by atoms with E-state index in [9.17, 15) is 9.18 Å². The third kappa shape index (κ3) is 2.92. The highest BCUT2D eigenvalue weighted by molar-refractivity contribution is 7.25. The second-order valence-corrected chi connectivity index (χ2v) is 8.14. The number of hydrogen-bond acceptors (Lipinski definition) is 6. The minimum absolute atomic E-state index is 0.337. The predicted octanol–water partition coefficient (Wildman–Crippen LogP) is 5.46. The number of hydrogen-bond donors (Lipinski definition) is 0. The Labute approximate surface area is 184 Å². The molecule has 0 amide bonds. The molecule has 0 atom stereocenters. The zero-order valence-electron chi connectivity index (χ0n) is 16.4. The van der Waals surface area contributed by atoms with Crippen LogP contribution in [-0.4, -0.2) is 20.0 Å². The first-order valence-electron chi connectivity index (χ1n) is 9.77. The normalized spacial score (nSPS) is 11.4. The van der Waals surface area contributed by atoms with Crippen molar-refractivity contribution in [2.45, 2.75) is 0 Å². The number of benzene rings is 2. The zero-order valence-corrected chi connectivity index (χ0v) is 17.2. The van der Waals surface area contributed by atoms with Gasteiger partial charge in [0.15, 0.2) is 0 Å². The topological polar surface area (TPSA) is 73.8 Å². The molecule has 6 rings (SSSR count). The van der Waals surface area contributed by atoms with Crippen LogP contribution in [0.4, 0.5) is 4.39 Å². The van der Waals surface area contributed by atoms with Crippen molar-refractivity contribution in [1.29, 1.82) is 0 Å². The second-order valence-electron chi connectivity index (χ2n) is 7.14. The summed E-state index contributed by atoms with van der Waals surface area (Å²) in [7, 11) is 0. The van der Waals surface area contributed by atoms with Crippen molar-refractivity contribution in [2.75, 3.05) is 0 Å². The molecule has 8 heteroatoms. The Morgan fingerprint density at radius 2 is 1.78 bits per heavy atom. The fourth-order valence-electron chi connectivity index (χ4n) is 3.68. The maximum Gasteiger partial charge on any atom is 0.292 e. The van der Waals surface area contributed by atoms with Gasteiger partial charge < -0.3 is 4.42 Å². The number of thiophene rings is 1. The number of halogens is 1. The Morgan fingerprint density at radius 1 is 0.969 bits per heavy atom. The van der Waals surface area contributed by atoms with E-state index in [2.05, 4.69) is 10.3 Å². The van der Waals surface area contributed by atoms with Crippen molar-refractivity contribution in [3.63, 3.8) is 0 Å². The first-order valence-corrected chi connectivity index (χ1v) is 10.6. The first kappa shape index (κ1) is 18.6. The third-order valence-electron chi connectivity index (χ3n) is 5.19. The second kappa shape index (κ2) is 7.21. The van der Waals surface area contributed by atoms with Crippen LogP contribution in [0.25, 0.3) is 48.7 Å². The van der Waals surface area contributed by atoms with E-state index in [4.69, 9.17) is 9.40 Å². The number of aromatic nitrogens is 4. The molecule has 32 heavy (non-hydrogen) atoms. The Bertz CT molecular complexity index is 1640. The molecular weight excluding hydrogens is 427 g/mol. The van der Waals surface area contributed by atoms with E-state index < -0.39 is 5.82 Å². The van der Waals surface area contributed by atoms with Crippen molar-refractivity contribution < 1.29 is 8.81 Å². The lowest BCUT2D eigenvalue weighted by atomic mass is 10.0. The van der Waals surface area contributed by atoms with Crippen LogP contribution in [0.5, 0.6) is 0 Å². The van der Waals surface area contributed by atoms with Crippen molar-refractivity contribution in [1.82, 2.24) is 20.0 Å². The van der Waals surface area contributed by atoms with E-state index in [1.165, 1.54) is 40.3 Å². The molecule has 6 nitrogen and oxygen atoms in total. The van der Waals surface area contributed by atoms with Crippen LogP contribution < -0.4 is 5.56 Å². The average Bonchev–Trinajstić information content (AvgIpc) is 3.49. The highest BCUT2D eigenvalue weighted by Gasteiger charge is 2.20. The Hall–Kier alpha value is -4.17. The van der Waals surface area contributed by atoms with Crippen molar-refractivity contribution in [3.8, 4) is 28.3 Å². The van der Waals surface area contributed by atoms with Gasteiger partial charge in [0.1, 0.15) is 26.6 Å². The van der Waals surface area contributed by atoms with Crippen LogP contribution in [-0.2, 0) is 0 Å². The smallest absolute Gasteiger partial charge is 0.292 e. The predicted molar refractivity (Wildman–Crippen MR) is 121 cm³/mol. The lowest BCUT2D eigenvalue weighted by molar-refractivity contribution is 0.583. The van der Waals surface area contributed by atoms with Gasteiger partial charge in [-0.1, -0.05) is 35.5 Å². The van der Waals surface area contributed by atoms with Crippen molar-refractivity contribution >= 4 is 31.8 Å². The van der Waals surface area contributed by atoms with Crippen LogP contribution in [0.2, 0.25) is 0 Å². The molecule has 6 aromatic rings. The number of nitrogens with zero attached hydrogens (tertiary/aromatic N) is 4. The van der Waals surface area contributed by atoms with Gasteiger partial charge in [0.25, 0.3) is 5.56 Å². The zero-order chi connectivity index (χ0) is 21.7. The van der Waals surface area contributed by atoms with E-state index in [1.54, 1.807) is 6.26 Å². The summed E-state index contributed by atoms with van der Waals surface area (Å²) in [4.78, 5) is 18.7. The molecule has 0 unspecified atom stereocenters. The molecule has 0 aliphatic carbocycles. The van der Waals surface area contributed by atoms with Gasteiger partial charge in [-0.2, -0.15) is 4.68 Å². The van der Waals surface area contributed by atoms with Crippen molar-refractivity contribution in [2.24, 2.45) is 0 Å². The van der Waals surface area contributed by atoms with Crippen molar-refractivity contribution in [3.05, 3.63) is 95.2 Å². The number of fused-ring (bicyclic) bond motifs is 3. The van der Waals surface area contributed by atoms with Gasteiger partial charge in [0.2, 0.25) is 0 Å². The summed E-state index contributed by atoms with van der Waals surface area (Å²) in [6.07, 6.45) is 1.60. The van der Waals surface area contributed by atoms with E-state index in [0.717, 1.165) is 22.2 Å². The van der Waals surface area contributed by atoms with Crippen LogP contribution >= 0.6 is 11.3 Å². The summed E-state index contributed by atoms with van der Waals surface area (Å²) in [6, 6.07) is 21.0. The number of furan rings is 1. The van der Waals surface area contributed by atoms with Gasteiger partial charge >= 0.3 is 0 Å². The average molecular weight is 440 g/mol. The molecule has 0 aliphatic heterocycles. The molecule has 0 bridgehead atoms. The lowest BCUT2D eigenvalue weighted by Gasteiger charge is -2.06. The minimum atomic E-state index is -0.390. The highest BCUT2D eigenvalue weighted by Crippen LogP contribution is 2.39. The number of rotatable bonds is 3. The molecule has 0 radical (unpaired) electrons. The van der Waals surface area contributed by atoms with E-state index >= 15 is 0 Å². The standard InChI is InChI=1S/C24H13FN4O2S/c25-15-8-10-16(11-9-15)29-24(30)22-21(27-28-29)20-17(19-7-4-12-31-19)13-18(26-23(20)32-22)14-5-2-1-3-6-14/h1-13H. The Balaban J connectivity index is 1.66. The summed E-state index contributed by atoms with van der Waals surface area (Å²) in [5.41, 5.74) is 3.08. The molecule has 2 aromatic carbocycles. The lowest BCUT2D eigenvalue weighted by Crippen LogP contribution is -2.21. The van der Waals surface area contributed by atoms with Crippen LogP contribution in [0.15, 0.2) is 88.3 Å². The maximum atomic E-state index is 13.3. The molecule has 4 aromatic heterocycles. The van der Waals surface area contributed by atoms with Gasteiger partial charge in [-0.05, 0) is 42.5 Å². The van der Waals surface area contributed by atoms with Gasteiger partial charge in [0.05, 0.1) is 23.0 Å². The van der Waals surface area contributed by atoms with Crippen LogP contribution in [0, 0.1) is 5.82 Å². The summed E-state index contributed by atoms with van der Waals surface area (Å²) < 4.78 is 20.6. The fourth-order valence-corrected chi connectivity index (χ4v) is 4.74. The van der Waals surface area contributed by atoms with Crippen LogP contribution in [0.1, 0.15) is 0 Å². The summed E-state index contributed by atoms with van der Waals surface area (Å²) in [5, 5.41) is 9.18. The maximum absolute atomic E-state index is 13.3. The monoisotopic (exact) mass is 440 g/mol. The SMILES string of the molecule is O=c1c2sc3nc(-c4ccccc4)cc(-c4ccco4)c3c2nnn1-c1ccc(F)cc1. The molecule has 0 fully saturated rings. The molecule has 0 saturated heterocycles. The molecule has 0 saturated carbocycles. The van der Waals surface area contributed by atoms with E-state index in [1.807, 2.05) is 48.5 Å². The van der Waals surface area contributed by atoms with Gasteiger partial charge in [-0.3, -0.25) is 4.79 Å². The molecular formula is C24H13FN4O2S. The first-order chi connectivity index (χ1) is 15.7. The van der Waals surface area contributed by atoms with Gasteiger partial charge in [-0.25, -0.2) is 9.37 Å². The quantitative estimate of drug-likeness (QED) is 0.366. The Kier molecular flexibility index (Phi) is 4.19. The van der Waals surface area contributed by atoms with Gasteiger partial charge in [0, 0.05) is 11.1 Å². The third-order valence-corrected chi connectivity index (χ3v) is 6.25.